The number of nitrogens with one attached hydrogen (secondary N) is 1. The lowest BCUT2D eigenvalue weighted by atomic mass is 9.92. The highest BCUT2D eigenvalue weighted by molar-refractivity contribution is 5.99. The fraction of sp³-hybridized carbons (Fsp3) is 0.469. The first-order valence-electron chi connectivity index (χ1n) is 14.1. The SMILES string of the molecule is CCCCOc1ccc(C(=O)N(CCC(C)C)CC(=O)Nc2cc(C(C)(C)C)nn2-c2ccc(OC)cc2)cc1. The number of aromatic nitrogens is 2. The van der Waals surface area contributed by atoms with Gasteiger partial charge in [-0.25, -0.2) is 4.68 Å². The lowest BCUT2D eigenvalue weighted by Crippen LogP contribution is -2.39. The highest BCUT2D eigenvalue weighted by atomic mass is 16.5. The first-order valence-corrected chi connectivity index (χ1v) is 14.1. The van der Waals surface area contributed by atoms with Gasteiger partial charge in [0.2, 0.25) is 5.91 Å². The second-order valence-electron chi connectivity index (χ2n) is 11.5. The molecule has 0 aliphatic carbocycles. The number of anilines is 1. The highest BCUT2D eigenvalue weighted by Gasteiger charge is 2.24. The maximum absolute atomic E-state index is 13.5. The van der Waals surface area contributed by atoms with Gasteiger partial charge in [-0.1, -0.05) is 48.0 Å². The summed E-state index contributed by atoms with van der Waals surface area (Å²) >= 11 is 0. The van der Waals surface area contributed by atoms with Crippen molar-refractivity contribution in [3.05, 3.63) is 65.9 Å². The monoisotopic (exact) mass is 548 g/mol. The number of hydrogen-bond donors (Lipinski definition) is 1. The minimum absolute atomic E-state index is 0.0705. The number of benzene rings is 2. The van der Waals surface area contributed by atoms with E-state index in [0.717, 1.165) is 42.1 Å². The van der Waals surface area contributed by atoms with Gasteiger partial charge in [0.1, 0.15) is 23.9 Å². The second-order valence-corrected chi connectivity index (χ2v) is 11.5. The number of ether oxygens (including phenoxy) is 2. The Balaban J connectivity index is 1.80. The van der Waals surface area contributed by atoms with E-state index in [2.05, 4.69) is 46.9 Å². The lowest BCUT2D eigenvalue weighted by Gasteiger charge is -2.23. The molecule has 8 heteroatoms. The Kier molecular flexibility index (Phi) is 10.8. The number of unbranched alkanes of at least 4 members (excludes halogenated alkanes) is 1. The molecule has 1 heterocycles. The normalized spacial score (nSPS) is 11.4. The number of hydrogen-bond acceptors (Lipinski definition) is 5. The summed E-state index contributed by atoms with van der Waals surface area (Å²) in [5.41, 5.74) is 1.94. The van der Waals surface area contributed by atoms with Crippen molar-refractivity contribution < 1.29 is 19.1 Å². The Hall–Kier alpha value is -3.81. The fourth-order valence-corrected chi connectivity index (χ4v) is 3.99. The van der Waals surface area contributed by atoms with Crippen molar-refractivity contribution in [3.63, 3.8) is 0 Å². The van der Waals surface area contributed by atoms with E-state index < -0.39 is 0 Å². The highest BCUT2D eigenvalue weighted by Crippen LogP contribution is 2.27. The fourth-order valence-electron chi connectivity index (χ4n) is 3.99. The topological polar surface area (TPSA) is 85.7 Å². The van der Waals surface area contributed by atoms with Gasteiger partial charge >= 0.3 is 0 Å². The molecule has 0 spiro atoms. The van der Waals surface area contributed by atoms with Gasteiger partial charge in [0, 0.05) is 23.6 Å². The van der Waals surface area contributed by atoms with Crippen LogP contribution in [0.3, 0.4) is 0 Å². The van der Waals surface area contributed by atoms with Gasteiger partial charge in [-0.05, 0) is 67.3 Å². The molecule has 2 amide bonds. The van der Waals surface area contributed by atoms with Crippen LogP contribution in [0.15, 0.2) is 54.6 Å². The predicted molar refractivity (Wildman–Crippen MR) is 160 cm³/mol. The van der Waals surface area contributed by atoms with E-state index in [4.69, 9.17) is 14.6 Å². The molecule has 3 aromatic rings. The van der Waals surface area contributed by atoms with Crippen LogP contribution in [-0.4, -0.2) is 53.3 Å². The standard InChI is InChI=1S/C32H44N4O4/c1-8-9-20-40-27-14-10-24(11-15-27)31(38)35(19-18-23(2)3)22-30(37)33-29-21-28(32(4,5)6)34-36(29)25-12-16-26(39-7)17-13-25/h10-17,21,23H,8-9,18-20,22H2,1-7H3,(H,33,37). The summed E-state index contributed by atoms with van der Waals surface area (Å²) in [5, 5.41) is 7.79. The summed E-state index contributed by atoms with van der Waals surface area (Å²) in [7, 11) is 1.62. The molecule has 0 aliphatic heterocycles. The van der Waals surface area contributed by atoms with Gasteiger partial charge in [0.25, 0.3) is 5.91 Å². The molecule has 1 N–H and O–H groups in total. The zero-order valence-electron chi connectivity index (χ0n) is 25.0. The van der Waals surface area contributed by atoms with Gasteiger partial charge < -0.3 is 19.7 Å². The number of carbonyl (C=O) groups is 2. The Morgan fingerprint density at radius 1 is 1.02 bits per heavy atom. The maximum atomic E-state index is 13.5. The molecule has 40 heavy (non-hydrogen) atoms. The molecule has 0 radical (unpaired) electrons. The molecule has 0 aliphatic rings. The van der Waals surface area contributed by atoms with E-state index in [1.165, 1.54) is 0 Å². The zero-order valence-corrected chi connectivity index (χ0v) is 25.0. The first kappa shape index (κ1) is 30.7. The molecule has 0 saturated heterocycles. The lowest BCUT2D eigenvalue weighted by molar-refractivity contribution is -0.117. The summed E-state index contributed by atoms with van der Waals surface area (Å²) in [6, 6.07) is 16.5. The number of rotatable bonds is 13. The number of nitrogens with zero attached hydrogens (tertiary/aromatic N) is 3. The molecule has 0 atom stereocenters. The van der Waals surface area contributed by atoms with Crippen molar-refractivity contribution in [2.24, 2.45) is 5.92 Å². The smallest absolute Gasteiger partial charge is 0.254 e. The largest absolute Gasteiger partial charge is 0.497 e. The molecule has 0 unspecified atom stereocenters. The minimum Gasteiger partial charge on any atom is -0.497 e. The van der Waals surface area contributed by atoms with Crippen molar-refractivity contribution in [3.8, 4) is 17.2 Å². The van der Waals surface area contributed by atoms with Gasteiger partial charge in [-0.15, -0.1) is 0 Å². The molecular weight excluding hydrogens is 504 g/mol. The average molecular weight is 549 g/mol. The van der Waals surface area contributed by atoms with Crippen LogP contribution in [0.5, 0.6) is 11.5 Å². The third kappa shape index (κ3) is 8.60. The van der Waals surface area contributed by atoms with Gasteiger partial charge in [-0.3, -0.25) is 9.59 Å². The van der Waals surface area contributed by atoms with Crippen LogP contribution in [0.1, 0.15) is 76.9 Å². The van der Waals surface area contributed by atoms with Gasteiger partial charge in [0.05, 0.1) is 25.1 Å². The van der Waals surface area contributed by atoms with Crippen LogP contribution < -0.4 is 14.8 Å². The van der Waals surface area contributed by atoms with E-state index in [-0.39, 0.29) is 23.8 Å². The second kappa shape index (κ2) is 14.0. The minimum atomic E-state index is -0.285. The van der Waals surface area contributed by atoms with Gasteiger partial charge in [0.15, 0.2) is 0 Å². The van der Waals surface area contributed by atoms with Crippen molar-refractivity contribution in [1.82, 2.24) is 14.7 Å². The van der Waals surface area contributed by atoms with Crippen LogP contribution in [0.25, 0.3) is 5.69 Å². The summed E-state index contributed by atoms with van der Waals surface area (Å²) in [5.74, 6) is 1.93. The first-order chi connectivity index (χ1) is 19.0. The van der Waals surface area contributed by atoms with Crippen LogP contribution >= 0.6 is 0 Å². The number of carbonyl (C=O) groups excluding carboxylic acids is 2. The third-order valence-corrected chi connectivity index (χ3v) is 6.53. The maximum Gasteiger partial charge on any atom is 0.254 e. The molecule has 216 valence electrons. The van der Waals surface area contributed by atoms with Crippen LogP contribution in [0.4, 0.5) is 5.82 Å². The van der Waals surface area contributed by atoms with E-state index in [0.29, 0.717) is 30.5 Å². The molecular formula is C32H44N4O4. The van der Waals surface area contributed by atoms with Crippen LogP contribution in [-0.2, 0) is 10.2 Å². The van der Waals surface area contributed by atoms with Crippen molar-refractivity contribution in [1.29, 1.82) is 0 Å². The molecule has 0 bridgehead atoms. The van der Waals surface area contributed by atoms with Crippen molar-refractivity contribution in [2.75, 3.05) is 32.1 Å². The summed E-state index contributed by atoms with van der Waals surface area (Å²) in [6.07, 6.45) is 2.82. The Morgan fingerprint density at radius 2 is 1.68 bits per heavy atom. The Morgan fingerprint density at radius 3 is 2.25 bits per heavy atom. The summed E-state index contributed by atoms with van der Waals surface area (Å²) in [4.78, 5) is 28.5. The predicted octanol–water partition coefficient (Wildman–Crippen LogP) is 6.48. The summed E-state index contributed by atoms with van der Waals surface area (Å²) in [6.45, 7) is 13.6. The average Bonchev–Trinajstić information content (AvgIpc) is 3.35. The van der Waals surface area contributed by atoms with Gasteiger partial charge in [-0.2, -0.15) is 5.10 Å². The van der Waals surface area contributed by atoms with Crippen molar-refractivity contribution >= 4 is 17.6 Å². The zero-order chi connectivity index (χ0) is 29.3. The molecule has 3 rings (SSSR count). The number of amides is 2. The summed E-state index contributed by atoms with van der Waals surface area (Å²) < 4.78 is 12.7. The van der Waals surface area contributed by atoms with Crippen molar-refractivity contribution in [2.45, 2.75) is 66.2 Å². The third-order valence-electron chi connectivity index (χ3n) is 6.53. The molecule has 1 aromatic heterocycles. The van der Waals surface area contributed by atoms with E-state index in [1.807, 2.05) is 42.5 Å². The Bertz CT molecular complexity index is 1240. The molecule has 0 saturated carbocycles. The molecule has 8 nitrogen and oxygen atoms in total. The van der Waals surface area contributed by atoms with E-state index >= 15 is 0 Å². The van der Waals surface area contributed by atoms with E-state index in [1.54, 1.807) is 28.8 Å². The van der Waals surface area contributed by atoms with Crippen LogP contribution in [0.2, 0.25) is 0 Å². The van der Waals surface area contributed by atoms with E-state index in [9.17, 15) is 9.59 Å². The quantitative estimate of drug-likeness (QED) is 0.247. The van der Waals surface area contributed by atoms with Crippen LogP contribution in [0, 0.1) is 5.92 Å². The number of methoxy groups -OCH3 is 1. The Labute approximate surface area is 238 Å². The molecule has 0 fully saturated rings. The molecule has 2 aromatic carbocycles.